The maximum atomic E-state index is 12.9. The zero-order valence-corrected chi connectivity index (χ0v) is 18.1. The molecule has 1 saturated heterocycles. The fraction of sp³-hybridized carbons (Fsp3) is 0.316. The average Bonchev–Trinajstić information content (AvgIpc) is 3.19. The Kier molecular flexibility index (Phi) is 7.17. The van der Waals surface area contributed by atoms with E-state index in [9.17, 15) is 26.4 Å². The molecule has 0 aliphatic carbocycles. The molecule has 0 radical (unpaired) electrons. The zero-order chi connectivity index (χ0) is 22.8. The van der Waals surface area contributed by atoms with Crippen molar-refractivity contribution < 1.29 is 31.1 Å². The first-order valence-electron chi connectivity index (χ1n) is 9.06. The lowest BCUT2D eigenvalue weighted by atomic mass is 10.1. The smallest absolute Gasteiger partial charge is 0.377 e. The largest absolute Gasteiger partial charge is 0.416 e. The van der Waals surface area contributed by atoms with Crippen LogP contribution in [0.2, 0.25) is 10.0 Å². The molecule has 6 nitrogen and oxygen atoms in total. The van der Waals surface area contributed by atoms with Gasteiger partial charge in [0.05, 0.1) is 27.3 Å². The Morgan fingerprint density at radius 2 is 1.90 bits per heavy atom. The Bertz CT molecular complexity index is 1090. The van der Waals surface area contributed by atoms with Crippen molar-refractivity contribution >= 4 is 44.8 Å². The van der Waals surface area contributed by atoms with E-state index in [2.05, 4.69) is 10.0 Å². The number of rotatable bonds is 6. The summed E-state index contributed by atoms with van der Waals surface area (Å²) < 4.78 is 71.7. The van der Waals surface area contributed by atoms with Crippen molar-refractivity contribution in [2.45, 2.75) is 30.0 Å². The number of nitrogens with one attached hydrogen (secondary N) is 2. The molecule has 3 rings (SSSR count). The molecule has 1 aliphatic rings. The highest BCUT2D eigenvalue weighted by Gasteiger charge is 2.31. The SMILES string of the molecule is O=C(Nc1cccc(C(F)(F)F)c1)c1cc(S(=O)(=O)NC[C@H]2CCCO2)c(Cl)cc1Cl. The predicted molar refractivity (Wildman–Crippen MR) is 110 cm³/mol. The van der Waals surface area contributed by atoms with Crippen LogP contribution in [0.3, 0.4) is 0 Å². The number of hydrogen-bond donors (Lipinski definition) is 2. The van der Waals surface area contributed by atoms with Crippen molar-refractivity contribution in [3.8, 4) is 0 Å². The second-order valence-electron chi connectivity index (χ2n) is 6.78. The van der Waals surface area contributed by atoms with Gasteiger partial charge in [0, 0.05) is 18.8 Å². The van der Waals surface area contributed by atoms with E-state index in [1.165, 1.54) is 6.07 Å². The summed E-state index contributed by atoms with van der Waals surface area (Å²) >= 11 is 12.1. The molecule has 1 amide bonds. The first-order valence-corrected chi connectivity index (χ1v) is 11.3. The number of carbonyl (C=O) groups is 1. The molecule has 0 saturated carbocycles. The lowest BCUT2D eigenvalue weighted by Gasteiger charge is -2.14. The van der Waals surface area contributed by atoms with E-state index in [1.54, 1.807) is 0 Å². The van der Waals surface area contributed by atoms with E-state index in [0.717, 1.165) is 36.8 Å². The minimum Gasteiger partial charge on any atom is -0.377 e. The van der Waals surface area contributed by atoms with E-state index >= 15 is 0 Å². The number of anilines is 1. The first-order chi connectivity index (χ1) is 14.5. The second kappa shape index (κ2) is 9.33. The topological polar surface area (TPSA) is 84.5 Å². The number of carbonyl (C=O) groups excluding carboxylic acids is 1. The third-order valence-corrected chi connectivity index (χ3v) is 6.73. The van der Waals surface area contributed by atoms with E-state index < -0.39 is 27.7 Å². The van der Waals surface area contributed by atoms with Crippen molar-refractivity contribution in [3.63, 3.8) is 0 Å². The Labute approximate surface area is 186 Å². The Morgan fingerprint density at radius 1 is 1.16 bits per heavy atom. The molecule has 12 heteroatoms. The van der Waals surface area contributed by atoms with Crippen molar-refractivity contribution in [1.29, 1.82) is 0 Å². The Morgan fingerprint density at radius 3 is 2.55 bits per heavy atom. The highest BCUT2D eigenvalue weighted by Crippen LogP contribution is 2.32. The van der Waals surface area contributed by atoms with Gasteiger partial charge >= 0.3 is 6.18 Å². The Balaban J connectivity index is 1.84. The van der Waals surface area contributed by atoms with Crippen molar-refractivity contribution in [2.24, 2.45) is 0 Å². The maximum absolute atomic E-state index is 12.9. The minimum absolute atomic E-state index is 0.0348. The number of sulfonamides is 1. The zero-order valence-electron chi connectivity index (χ0n) is 15.8. The molecular formula is C19H17Cl2F3N2O4S. The summed E-state index contributed by atoms with van der Waals surface area (Å²) in [6.07, 6.45) is -3.31. The van der Waals surface area contributed by atoms with Crippen molar-refractivity contribution in [1.82, 2.24) is 4.72 Å². The molecule has 0 unspecified atom stereocenters. The highest BCUT2D eigenvalue weighted by molar-refractivity contribution is 7.89. The van der Waals surface area contributed by atoms with E-state index in [0.29, 0.717) is 13.0 Å². The lowest BCUT2D eigenvalue weighted by Crippen LogP contribution is -2.32. The molecule has 2 N–H and O–H groups in total. The van der Waals surface area contributed by atoms with Crippen LogP contribution in [0.5, 0.6) is 0 Å². The standard InChI is InChI=1S/C19H17Cl2F3N2O4S/c20-15-9-16(21)17(31(28,29)25-10-13-5-2-6-30-13)8-14(15)18(27)26-12-4-1-3-11(7-12)19(22,23)24/h1,3-4,7-9,13,25H,2,5-6,10H2,(H,26,27)/t13-/m1/s1. The molecule has 168 valence electrons. The molecule has 0 aromatic heterocycles. The second-order valence-corrected chi connectivity index (χ2v) is 9.33. The van der Waals surface area contributed by atoms with Gasteiger partial charge in [-0.25, -0.2) is 13.1 Å². The molecule has 1 fully saturated rings. The van der Waals surface area contributed by atoms with Gasteiger partial charge in [0.25, 0.3) is 5.91 Å². The number of alkyl halides is 3. The van der Waals surface area contributed by atoms with Crippen LogP contribution in [0.4, 0.5) is 18.9 Å². The van der Waals surface area contributed by atoms with Crippen LogP contribution in [0, 0.1) is 0 Å². The van der Waals surface area contributed by atoms with Crippen LogP contribution in [0.25, 0.3) is 0 Å². The number of ether oxygens (including phenoxy) is 1. The molecule has 31 heavy (non-hydrogen) atoms. The molecule has 1 heterocycles. The van der Waals surface area contributed by atoms with Crippen LogP contribution < -0.4 is 10.0 Å². The van der Waals surface area contributed by atoms with Gasteiger partial charge in [0.15, 0.2) is 0 Å². The summed E-state index contributed by atoms with van der Waals surface area (Å²) in [5.41, 5.74) is -1.35. The number of hydrogen-bond acceptors (Lipinski definition) is 4. The van der Waals surface area contributed by atoms with Crippen molar-refractivity contribution in [3.05, 3.63) is 57.6 Å². The van der Waals surface area contributed by atoms with Gasteiger partial charge in [0.2, 0.25) is 10.0 Å². The molecule has 2 aromatic rings. The molecule has 0 spiro atoms. The molecule has 1 aliphatic heterocycles. The molecule has 0 bridgehead atoms. The summed E-state index contributed by atoms with van der Waals surface area (Å²) in [5, 5.41) is 1.92. The normalized spacial score (nSPS) is 17.0. The van der Waals surface area contributed by atoms with Crippen LogP contribution in [-0.4, -0.2) is 33.6 Å². The van der Waals surface area contributed by atoms with E-state index in [1.807, 2.05) is 0 Å². The third kappa shape index (κ3) is 5.89. The summed E-state index contributed by atoms with van der Waals surface area (Å²) in [6.45, 7) is 0.584. The van der Waals surface area contributed by atoms with Gasteiger partial charge in [0.1, 0.15) is 4.90 Å². The summed E-state index contributed by atoms with van der Waals surface area (Å²) in [5.74, 6) is -0.892. The molecule has 2 aromatic carbocycles. The number of amides is 1. The van der Waals surface area contributed by atoms with E-state index in [-0.39, 0.29) is 38.8 Å². The summed E-state index contributed by atoms with van der Waals surface area (Å²) in [4.78, 5) is 12.2. The van der Waals surface area contributed by atoms with Crippen LogP contribution >= 0.6 is 23.2 Å². The summed E-state index contributed by atoms with van der Waals surface area (Å²) in [6, 6.07) is 6.07. The van der Waals surface area contributed by atoms with Gasteiger partial charge in [-0.05, 0) is 43.2 Å². The quantitative estimate of drug-likeness (QED) is 0.605. The van der Waals surface area contributed by atoms with Gasteiger partial charge < -0.3 is 10.1 Å². The van der Waals surface area contributed by atoms with Gasteiger partial charge in [-0.1, -0.05) is 29.3 Å². The summed E-state index contributed by atoms with van der Waals surface area (Å²) in [7, 11) is -4.10. The molecule has 1 atom stereocenters. The fourth-order valence-corrected chi connectivity index (χ4v) is 4.89. The fourth-order valence-electron chi connectivity index (χ4n) is 2.97. The monoisotopic (exact) mass is 496 g/mol. The first kappa shape index (κ1) is 23.8. The van der Waals surface area contributed by atoms with E-state index in [4.69, 9.17) is 27.9 Å². The minimum atomic E-state index is -4.59. The van der Waals surface area contributed by atoms with Crippen LogP contribution in [-0.2, 0) is 20.9 Å². The highest BCUT2D eigenvalue weighted by atomic mass is 35.5. The van der Waals surface area contributed by atoms with Crippen molar-refractivity contribution in [2.75, 3.05) is 18.5 Å². The maximum Gasteiger partial charge on any atom is 0.416 e. The van der Waals surface area contributed by atoms with Gasteiger partial charge in [-0.15, -0.1) is 0 Å². The average molecular weight is 497 g/mol. The molecular weight excluding hydrogens is 480 g/mol. The van der Waals surface area contributed by atoms with Crippen LogP contribution in [0.15, 0.2) is 41.3 Å². The number of benzene rings is 2. The predicted octanol–water partition coefficient (Wildman–Crippen LogP) is 4.72. The Hall–Kier alpha value is -1.85. The van der Waals surface area contributed by atoms with Gasteiger partial charge in [-0.3, -0.25) is 4.79 Å². The third-order valence-electron chi connectivity index (χ3n) is 4.53. The van der Waals surface area contributed by atoms with Gasteiger partial charge in [-0.2, -0.15) is 13.2 Å². The van der Waals surface area contributed by atoms with Crippen LogP contribution in [0.1, 0.15) is 28.8 Å². The number of halogens is 5. The lowest BCUT2D eigenvalue weighted by molar-refractivity contribution is -0.137.